The molecule has 1 aromatic carbocycles. The number of nitrogens with one attached hydrogen (secondary N) is 1. The first-order valence-corrected chi connectivity index (χ1v) is 7.99. The summed E-state index contributed by atoms with van der Waals surface area (Å²) in [6.45, 7) is 3.57. The van der Waals surface area contributed by atoms with E-state index < -0.39 is 6.10 Å². The van der Waals surface area contributed by atoms with Crippen molar-refractivity contribution in [1.29, 1.82) is 0 Å². The SMILES string of the molecule is O=C(NCCN1CCc2ccccc2C1)C1CCCC1O. The van der Waals surface area contributed by atoms with Gasteiger partial charge in [-0.15, -0.1) is 0 Å². The number of amides is 1. The lowest BCUT2D eigenvalue weighted by molar-refractivity contribution is -0.127. The van der Waals surface area contributed by atoms with Crippen LogP contribution in [0.15, 0.2) is 24.3 Å². The molecule has 1 aromatic rings. The quantitative estimate of drug-likeness (QED) is 0.878. The van der Waals surface area contributed by atoms with Crippen molar-refractivity contribution in [2.75, 3.05) is 19.6 Å². The van der Waals surface area contributed by atoms with Crippen molar-refractivity contribution < 1.29 is 9.90 Å². The van der Waals surface area contributed by atoms with Gasteiger partial charge < -0.3 is 10.4 Å². The Morgan fingerprint density at radius 3 is 2.86 bits per heavy atom. The molecule has 1 heterocycles. The van der Waals surface area contributed by atoms with E-state index in [1.54, 1.807) is 0 Å². The molecule has 2 atom stereocenters. The Bertz CT molecular complexity index is 503. The summed E-state index contributed by atoms with van der Waals surface area (Å²) in [6.07, 6.45) is 3.20. The Labute approximate surface area is 126 Å². The standard InChI is InChI=1S/C17H24N2O2/c20-16-7-3-6-15(16)17(21)18-9-11-19-10-8-13-4-1-2-5-14(13)12-19/h1-2,4-5,15-16,20H,3,6-12H2,(H,18,21). The van der Waals surface area contributed by atoms with Gasteiger partial charge in [-0.1, -0.05) is 24.3 Å². The molecule has 2 unspecified atom stereocenters. The topological polar surface area (TPSA) is 52.6 Å². The molecule has 1 fully saturated rings. The summed E-state index contributed by atoms with van der Waals surface area (Å²) in [5.74, 6) is -0.163. The van der Waals surface area contributed by atoms with Gasteiger partial charge in [0.1, 0.15) is 0 Å². The van der Waals surface area contributed by atoms with Gasteiger partial charge in [-0.25, -0.2) is 0 Å². The van der Waals surface area contributed by atoms with Gasteiger partial charge >= 0.3 is 0 Å². The molecule has 1 aliphatic carbocycles. The second kappa shape index (κ2) is 6.58. The molecule has 4 heteroatoms. The van der Waals surface area contributed by atoms with Crippen LogP contribution >= 0.6 is 0 Å². The Hall–Kier alpha value is -1.39. The van der Waals surface area contributed by atoms with Crippen molar-refractivity contribution in [2.24, 2.45) is 5.92 Å². The number of aliphatic hydroxyl groups excluding tert-OH is 1. The summed E-state index contributed by atoms with van der Waals surface area (Å²) in [7, 11) is 0. The van der Waals surface area contributed by atoms with Crippen molar-refractivity contribution in [1.82, 2.24) is 10.2 Å². The predicted molar refractivity (Wildman–Crippen MR) is 81.8 cm³/mol. The van der Waals surface area contributed by atoms with Crippen LogP contribution in [-0.2, 0) is 17.8 Å². The van der Waals surface area contributed by atoms with E-state index in [4.69, 9.17) is 0 Å². The van der Waals surface area contributed by atoms with E-state index in [1.165, 1.54) is 11.1 Å². The molecule has 0 radical (unpaired) electrons. The molecule has 2 aliphatic rings. The zero-order chi connectivity index (χ0) is 14.7. The zero-order valence-corrected chi connectivity index (χ0v) is 12.4. The van der Waals surface area contributed by atoms with E-state index >= 15 is 0 Å². The van der Waals surface area contributed by atoms with E-state index in [-0.39, 0.29) is 11.8 Å². The first kappa shape index (κ1) is 14.5. The van der Waals surface area contributed by atoms with Crippen LogP contribution in [0.5, 0.6) is 0 Å². The molecule has 2 N–H and O–H groups in total. The van der Waals surface area contributed by atoms with Gasteiger partial charge in [0, 0.05) is 26.2 Å². The first-order chi connectivity index (χ1) is 10.2. The number of nitrogens with zero attached hydrogens (tertiary/aromatic N) is 1. The lowest BCUT2D eigenvalue weighted by Gasteiger charge is -2.28. The fourth-order valence-corrected chi connectivity index (χ4v) is 3.46. The van der Waals surface area contributed by atoms with E-state index in [0.29, 0.717) is 6.54 Å². The number of hydrogen-bond acceptors (Lipinski definition) is 3. The third-order valence-electron chi connectivity index (χ3n) is 4.75. The van der Waals surface area contributed by atoms with Crippen LogP contribution in [0.25, 0.3) is 0 Å². The third-order valence-corrected chi connectivity index (χ3v) is 4.75. The van der Waals surface area contributed by atoms with Gasteiger partial charge in [-0.05, 0) is 36.8 Å². The van der Waals surface area contributed by atoms with Gasteiger partial charge in [-0.2, -0.15) is 0 Å². The number of rotatable bonds is 4. The number of carbonyl (C=O) groups excluding carboxylic acids is 1. The minimum absolute atomic E-state index is 0.0254. The molecular formula is C17H24N2O2. The molecule has 21 heavy (non-hydrogen) atoms. The molecule has 1 amide bonds. The van der Waals surface area contributed by atoms with Gasteiger partial charge in [0.15, 0.2) is 0 Å². The number of benzene rings is 1. The molecular weight excluding hydrogens is 264 g/mol. The van der Waals surface area contributed by atoms with Crippen molar-refractivity contribution >= 4 is 5.91 Å². The Kier molecular flexibility index (Phi) is 4.56. The summed E-state index contributed by atoms with van der Waals surface area (Å²) in [5.41, 5.74) is 2.85. The fraction of sp³-hybridized carbons (Fsp3) is 0.588. The predicted octanol–water partition coefficient (Wildman–Crippen LogP) is 1.32. The maximum Gasteiger partial charge on any atom is 0.225 e. The summed E-state index contributed by atoms with van der Waals surface area (Å²) < 4.78 is 0. The van der Waals surface area contributed by atoms with Crippen LogP contribution in [-0.4, -0.2) is 41.7 Å². The second-order valence-electron chi connectivity index (χ2n) is 6.19. The molecule has 4 nitrogen and oxygen atoms in total. The monoisotopic (exact) mass is 288 g/mol. The first-order valence-electron chi connectivity index (χ1n) is 7.99. The Balaban J connectivity index is 1.43. The number of hydrogen-bond donors (Lipinski definition) is 2. The molecule has 1 saturated carbocycles. The van der Waals surface area contributed by atoms with Crippen LogP contribution < -0.4 is 5.32 Å². The van der Waals surface area contributed by atoms with Crippen LogP contribution in [0.4, 0.5) is 0 Å². The van der Waals surface area contributed by atoms with Crippen molar-refractivity contribution in [3.05, 3.63) is 35.4 Å². The minimum Gasteiger partial charge on any atom is -0.392 e. The second-order valence-corrected chi connectivity index (χ2v) is 6.19. The minimum atomic E-state index is -0.438. The summed E-state index contributed by atoms with van der Waals surface area (Å²) in [6, 6.07) is 8.58. The van der Waals surface area contributed by atoms with E-state index in [9.17, 15) is 9.90 Å². The molecule has 0 bridgehead atoms. The van der Waals surface area contributed by atoms with Crippen LogP contribution in [0, 0.1) is 5.92 Å². The van der Waals surface area contributed by atoms with Crippen LogP contribution in [0.3, 0.4) is 0 Å². The highest BCUT2D eigenvalue weighted by molar-refractivity contribution is 5.79. The van der Waals surface area contributed by atoms with E-state index in [1.807, 2.05) is 0 Å². The zero-order valence-electron chi connectivity index (χ0n) is 12.4. The van der Waals surface area contributed by atoms with Crippen LogP contribution in [0.2, 0.25) is 0 Å². The van der Waals surface area contributed by atoms with Gasteiger partial charge in [-0.3, -0.25) is 9.69 Å². The lowest BCUT2D eigenvalue weighted by atomic mass is 10.00. The van der Waals surface area contributed by atoms with E-state index in [2.05, 4.69) is 34.5 Å². The normalized spacial score (nSPS) is 25.6. The Morgan fingerprint density at radius 2 is 2.10 bits per heavy atom. The average molecular weight is 288 g/mol. The lowest BCUT2D eigenvalue weighted by Crippen LogP contribution is -2.41. The highest BCUT2D eigenvalue weighted by atomic mass is 16.3. The van der Waals surface area contributed by atoms with Crippen LogP contribution in [0.1, 0.15) is 30.4 Å². The maximum atomic E-state index is 12.0. The summed E-state index contributed by atoms with van der Waals surface area (Å²) in [5, 5.41) is 12.7. The summed E-state index contributed by atoms with van der Waals surface area (Å²) in [4.78, 5) is 14.4. The third kappa shape index (κ3) is 3.44. The number of carbonyl (C=O) groups is 1. The average Bonchev–Trinajstić information content (AvgIpc) is 2.93. The molecule has 3 rings (SSSR count). The van der Waals surface area contributed by atoms with Gasteiger partial charge in [0.25, 0.3) is 0 Å². The van der Waals surface area contributed by atoms with Crippen molar-refractivity contribution in [3.63, 3.8) is 0 Å². The molecule has 0 aromatic heterocycles. The molecule has 1 aliphatic heterocycles. The molecule has 0 spiro atoms. The smallest absolute Gasteiger partial charge is 0.225 e. The number of fused-ring (bicyclic) bond motifs is 1. The highest BCUT2D eigenvalue weighted by Crippen LogP contribution is 2.25. The largest absolute Gasteiger partial charge is 0.392 e. The molecule has 114 valence electrons. The van der Waals surface area contributed by atoms with Crippen molar-refractivity contribution in [2.45, 2.75) is 38.3 Å². The Morgan fingerprint density at radius 1 is 1.29 bits per heavy atom. The van der Waals surface area contributed by atoms with Crippen molar-refractivity contribution in [3.8, 4) is 0 Å². The van der Waals surface area contributed by atoms with Gasteiger partial charge in [0.05, 0.1) is 12.0 Å². The van der Waals surface area contributed by atoms with Gasteiger partial charge in [0.2, 0.25) is 5.91 Å². The summed E-state index contributed by atoms with van der Waals surface area (Å²) >= 11 is 0. The number of aliphatic hydroxyl groups is 1. The maximum absolute atomic E-state index is 12.0. The highest BCUT2D eigenvalue weighted by Gasteiger charge is 2.31. The fourth-order valence-electron chi connectivity index (χ4n) is 3.46. The van der Waals surface area contributed by atoms with E-state index in [0.717, 1.165) is 45.3 Å². The molecule has 0 saturated heterocycles.